The quantitative estimate of drug-likeness (QED) is 0.0855. The van der Waals surface area contributed by atoms with Crippen molar-refractivity contribution in [1.29, 1.82) is 0 Å². The molecule has 0 bridgehead atoms. The van der Waals surface area contributed by atoms with Crippen LogP contribution >= 0.6 is 0 Å². The van der Waals surface area contributed by atoms with Gasteiger partial charge >= 0.3 is 12.1 Å². The summed E-state index contributed by atoms with van der Waals surface area (Å²) in [5.41, 5.74) is 0.0415. The van der Waals surface area contributed by atoms with Crippen LogP contribution in [-0.4, -0.2) is 49.7 Å². The number of benzene rings is 2. The fraction of sp³-hybridized carbons (Fsp3) is 0.273. The highest BCUT2D eigenvalue weighted by Crippen LogP contribution is 2.43. The maximum atomic E-state index is 14.5. The normalized spacial score (nSPS) is 12.5. The standard InChI is InChI=1S/C33H34F3N3O5SSi/c1-22-11-12-26(28(19-22)33(34,35)36)30-27(32(40)43-2)20-29(38(30)21-44-17-18-46(3,4)5)24-13-15-37-31-25(24)14-16-39(31)45(41,42)23-9-7-6-8-10-23/h6-16,19-20H,17-18,21H2,1-5H3. The van der Waals surface area contributed by atoms with Gasteiger partial charge in [-0.15, -0.1) is 0 Å². The number of carbonyl (C=O) groups is 1. The summed E-state index contributed by atoms with van der Waals surface area (Å²) in [5, 5.41) is 0.408. The van der Waals surface area contributed by atoms with E-state index < -0.39 is 35.8 Å². The number of hydrogen-bond acceptors (Lipinski definition) is 6. The Labute approximate surface area is 266 Å². The average molecular weight is 670 g/mol. The number of carbonyl (C=O) groups excluding carboxylic acids is 1. The van der Waals surface area contributed by atoms with E-state index in [9.17, 15) is 26.4 Å². The van der Waals surface area contributed by atoms with Crippen LogP contribution in [0.4, 0.5) is 13.2 Å². The van der Waals surface area contributed by atoms with Crippen molar-refractivity contribution in [2.24, 2.45) is 0 Å². The first-order chi connectivity index (χ1) is 21.6. The van der Waals surface area contributed by atoms with Crippen LogP contribution in [0.3, 0.4) is 0 Å². The van der Waals surface area contributed by atoms with Crippen molar-refractivity contribution < 1.29 is 35.9 Å². The van der Waals surface area contributed by atoms with Gasteiger partial charge in [0.2, 0.25) is 0 Å². The molecule has 0 aliphatic heterocycles. The lowest BCUT2D eigenvalue weighted by Crippen LogP contribution is -2.22. The Morgan fingerprint density at radius 3 is 2.35 bits per heavy atom. The molecule has 242 valence electrons. The van der Waals surface area contributed by atoms with E-state index in [1.807, 2.05) is 0 Å². The highest BCUT2D eigenvalue weighted by atomic mass is 32.2. The van der Waals surface area contributed by atoms with Gasteiger partial charge in [0.05, 0.1) is 34.5 Å². The second kappa shape index (κ2) is 12.5. The lowest BCUT2D eigenvalue weighted by atomic mass is 9.99. The van der Waals surface area contributed by atoms with E-state index in [1.165, 1.54) is 41.2 Å². The minimum Gasteiger partial charge on any atom is -0.465 e. The molecule has 0 saturated carbocycles. The molecule has 0 spiro atoms. The second-order valence-electron chi connectivity index (χ2n) is 12.1. The highest BCUT2D eigenvalue weighted by molar-refractivity contribution is 7.90. The Bertz CT molecular complexity index is 2010. The number of nitrogens with zero attached hydrogens (tertiary/aromatic N) is 3. The Hall–Kier alpha value is -4.20. The van der Waals surface area contributed by atoms with Crippen LogP contribution in [-0.2, 0) is 32.4 Å². The number of esters is 1. The number of aryl methyl sites for hydroxylation is 1. The Morgan fingerprint density at radius 2 is 1.70 bits per heavy atom. The fourth-order valence-electron chi connectivity index (χ4n) is 5.23. The summed E-state index contributed by atoms with van der Waals surface area (Å²) in [5.74, 6) is -0.833. The molecule has 3 heterocycles. The summed E-state index contributed by atoms with van der Waals surface area (Å²) in [7, 11) is -4.38. The molecule has 0 N–H and O–H groups in total. The van der Waals surface area contributed by atoms with E-state index in [1.54, 1.807) is 43.3 Å². The molecule has 5 rings (SSSR count). The van der Waals surface area contributed by atoms with Crippen LogP contribution in [0.2, 0.25) is 25.7 Å². The number of pyridine rings is 1. The van der Waals surface area contributed by atoms with E-state index in [-0.39, 0.29) is 34.1 Å². The van der Waals surface area contributed by atoms with Crippen LogP contribution < -0.4 is 0 Å². The Kier molecular flexibility index (Phi) is 9.04. The molecule has 0 fully saturated rings. The van der Waals surface area contributed by atoms with Crippen LogP contribution in [0.1, 0.15) is 21.5 Å². The maximum Gasteiger partial charge on any atom is 0.417 e. The van der Waals surface area contributed by atoms with Crippen molar-refractivity contribution in [3.63, 3.8) is 0 Å². The van der Waals surface area contributed by atoms with Gasteiger partial charge in [0.15, 0.2) is 5.65 Å². The molecule has 13 heteroatoms. The number of ether oxygens (including phenoxy) is 2. The Morgan fingerprint density at radius 1 is 0.978 bits per heavy atom. The smallest absolute Gasteiger partial charge is 0.417 e. The molecule has 0 aliphatic rings. The molecular weight excluding hydrogens is 636 g/mol. The average Bonchev–Trinajstić information content (AvgIpc) is 3.61. The van der Waals surface area contributed by atoms with E-state index in [0.29, 0.717) is 28.8 Å². The van der Waals surface area contributed by atoms with Crippen molar-refractivity contribution in [3.05, 3.63) is 95.8 Å². The summed E-state index contributed by atoms with van der Waals surface area (Å²) in [6.45, 7) is 8.29. The lowest BCUT2D eigenvalue weighted by molar-refractivity contribution is -0.137. The summed E-state index contributed by atoms with van der Waals surface area (Å²) in [6, 6.07) is 17.3. The van der Waals surface area contributed by atoms with Gasteiger partial charge in [-0.2, -0.15) is 13.2 Å². The molecule has 0 unspecified atom stereocenters. The zero-order valence-electron chi connectivity index (χ0n) is 26.1. The summed E-state index contributed by atoms with van der Waals surface area (Å²) in [6.07, 6.45) is -1.93. The van der Waals surface area contributed by atoms with Crippen molar-refractivity contribution >= 4 is 35.1 Å². The molecule has 0 aliphatic carbocycles. The van der Waals surface area contributed by atoms with Crippen LogP contribution in [0, 0.1) is 6.92 Å². The van der Waals surface area contributed by atoms with Crippen LogP contribution in [0.25, 0.3) is 33.5 Å². The van der Waals surface area contributed by atoms with Gasteiger partial charge in [0.25, 0.3) is 10.0 Å². The molecular formula is C33H34F3N3O5SSi. The summed E-state index contributed by atoms with van der Waals surface area (Å²) in [4.78, 5) is 17.6. The van der Waals surface area contributed by atoms with Crippen molar-refractivity contribution in [3.8, 4) is 22.5 Å². The topological polar surface area (TPSA) is 92.4 Å². The number of methoxy groups -OCH3 is 1. The van der Waals surface area contributed by atoms with Gasteiger partial charge in [0.1, 0.15) is 6.73 Å². The minimum atomic E-state index is -4.73. The zero-order chi connectivity index (χ0) is 33.4. The predicted molar refractivity (Wildman–Crippen MR) is 173 cm³/mol. The predicted octanol–water partition coefficient (Wildman–Crippen LogP) is 7.83. The first-order valence-corrected chi connectivity index (χ1v) is 19.6. The van der Waals surface area contributed by atoms with Gasteiger partial charge in [-0.25, -0.2) is 22.2 Å². The van der Waals surface area contributed by atoms with Gasteiger partial charge in [0, 0.05) is 43.6 Å². The van der Waals surface area contributed by atoms with Gasteiger partial charge in [-0.1, -0.05) is 55.5 Å². The number of hydrogen-bond donors (Lipinski definition) is 0. The second-order valence-corrected chi connectivity index (χ2v) is 19.6. The van der Waals surface area contributed by atoms with Gasteiger partial charge < -0.3 is 14.0 Å². The molecule has 46 heavy (non-hydrogen) atoms. The van der Waals surface area contributed by atoms with E-state index >= 15 is 0 Å². The first kappa shape index (κ1) is 33.2. The SMILES string of the molecule is COC(=O)c1cc(-c2ccnc3c2ccn3S(=O)(=O)c2ccccc2)n(COCC[Si](C)(C)C)c1-c1ccc(C)cc1C(F)(F)F. The lowest BCUT2D eigenvalue weighted by Gasteiger charge is -2.20. The number of rotatable bonds is 10. The summed E-state index contributed by atoms with van der Waals surface area (Å²) >= 11 is 0. The highest BCUT2D eigenvalue weighted by Gasteiger charge is 2.37. The summed E-state index contributed by atoms with van der Waals surface area (Å²) < 4.78 is 84.2. The maximum absolute atomic E-state index is 14.5. The molecule has 3 aromatic heterocycles. The van der Waals surface area contributed by atoms with Gasteiger partial charge in [-0.05, 0) is 49.4 Å². The zero-order valence-corrected chi connectivity index (χ0v) is 27.9. The molecule has 0 amide bonds. The Balaban J connectivity index is 1.78. The molecule has 5 aromatic rings. The first-order valence-electron chi connectivity index (χ1n) is 14.5. The molecule has 0 radical (unpaired) electrons. The number of fused-ring (bicyclic) bond motifs is 1. The third-order valence-corrected chi connectivity index (χ3v) is 11.0. The number of halogens is 3. The molecule has 2 aromatic carbocycles. The van der Waals surface area contributed by atoms with Crippen LogP contribution in [0.15, 0.2) is 84.0 Å². The largest absolute Gasteiger partial charge is 0.465 e. The monoisotopic (exact) mass is 669 g/mol. The third-order valence-electron chi connectivity index (χ3n) is 7.58. The molecule has 0 atom stereocenters. The third kappa shape index (κ3) is 6.53. The van der Waals surface area contributed by atoms with Crippen molar-refractivity contribution in [2.45, 2.75) is 50.4 Å². The fourth-order valence-corrected chi connectivity index (χ4v) is 7.31. The number of aromatic nitrogens is 3. The van der Waals surface area contributed by atoms with E-state index in [0.717, 1.165) is 23.2 Å². The molecule has 8 nitrogen and oxygen atoms in total. The van der Waals surface area contributed by atoms with Crippen LogP contribution in [0.5, 0.6) is 0 Å². The minimum absolute atomic E-state index is 0.0246. The van der Waals surface area contributed by atoms with Gasteiger partial charge in [-0.3, -0.25) is 0 Å². The number of alkyl halides is 3. The van der Waals surface area contributed by atoms with E-state index in [4.69, 9.17) is 9.47 Å². The molecule has 0 saturated heterocycles. The van der Waals surface area contributed by atoms with Crippen molar-refractivity contribution in [1.82, 2.24) is 13.5 Å². The van der Waals surface area contributed by atoms with Crippen molar-refractivity contribution in [2.75, 3.05) is 13.7 Å². The van der Waals surface area contributed by atoms with E-state index in [2.05, 4.69) is 24.6 Å².